The van der Waals surface area contributed by atoms with Gasteiger partial charge in [0.1, 0.15) is 18.1 Å². The van der Waals surface area contributed by atoms with Gasteiger partial charge in [0.05, 0.1) is 7.11 Å². The minimum atomic E-state index is 0.217. The third kappa shape index (κ3) is 5.94. The van der Waals surface area contributed by atoms with Crippen molar-refractivity contribution in [1.82, 2.24) is 5.32 Å². The van der Waals surface area contributed by atoms with Gasteiger partial charge in [0.2, 0.25) is 0 Å². The monoisotopic (exact) mass is 267 g/mol. The van der Waals surface area contributed by atoms with Crippen molar-refractivity contribution in [3.05, 3.63) is 24.3 Å². The summed E-state index contributed by atoms with van der Waals surface area (Å²) in [6.45, 7) is 5.90. The van der Waals surface area contributed by atoms with Crippen LogP contribution in [-0.4, -0.2) is 38.0 Å². The molecular weight excluding hydrogens is 242 g/mol. The summed E-state index contributed by atoms with van der Waals surface area (Å²) >= 11 is 0. The van der Waals surface area contributed by atoms with Crippen LogP contribution in [0.3, 0.4) is 0 Å². The normalized spacial score (nSPS) is 12.5. The van der Waals surface area contributed by atoms with Gasteiger partial charge in [-0.15, -0.1) is 0 Å². The van der Waals surface area contributed by atoms with Crippen LogP contribution >= 0.6 is 0 Å². The minimum Gasteiger partial charge on any atom is -0.497 e. The smallest absolute Gasteiger partial charge is 0.119 e. The molecule has 0 amide bonds. The predicted molar refractivity (Wildman–Crippen MR) is 76.8 cm³/mol. The maximum Gasteiger partial charge on any atom is 0.119 e. The largest absolute Gasteiger partial charge is 0.497 e. The molecule has 0 aliphatic heterocycles. The van der Waals surface area contributed by atoms with Crippen molar-refractivity contribution in [2.45, 2.75) is 26.3 Å². The number of rotatable bonds is 9. The van der Waals surface area contributed by atoms with E-state index >= 15 is 0 Å². The van der Waals surface area contributed by atoms with Crippen molar-refractivity contribution in [3.8, 4) is 11.5 Å². The number of hydrogen-bond acceptors (Lipinski definition) is 4. The fourth-order valence-electron chi connectivity index (χ4n) is 1.90. The van der Waals surface area contributed by atoms with Crippen LogP contribution in [0.15, 0.2) is 24.3 Å². The molecule has 0 bridgehead atoms. The topological polar surface area (TPSA) is 50.7 Å². The molecule has 4 heteroatoms. The lowest BCUT2D eigenvalue weighted by molar-refractivity contribution is 0.234. The van der Waals surface area contributed by atoms with Crippen LogP contribution in [0.25, 0.3) is 0 Å². The molecule has 0 aliphatic rings. The maximum absolute atomic E-state index is 8.99. The number of ether oxygens (including phenoxy) is 2. The number of benzene rings is 1. The van der Waals surface area contributed by atoms with Gasteiger partial charge >= 0.3 is 0 Å². The Morgan fingerprint density at radius 3 is 2.32 bits per heavy atom. The Bertz CT molecular complexity index is 338. The summed E-state index contributed by atoms with van der Waals surface area (Å²) in [5.74, 6) is 2.17. The van der Waals surface area contributed by atoms with Crippen molar-refractivity contribution >= 4 is 0 Å². The highest BCUT2D eigenvalue weighted by Crippen LogP contribution is 2.16. The Hall–Kier alpha value is -1.26. The molecule has 0 saturated carbocycles. The van der Waals surface area contributed by atoms with Gasteiger partial charge in [-0.25, -0.2) is 0 Å². The van der Waals surface area contributed by atoms with Gasteiger partial charge in [0.25, 0.3) is 0 Å². The number of methoxy groups -OCH3 is 1. The zero-order valence-corrected chi connectivity index (χ0v) is 12.1. The molecule has 2 N–H and O–H groups in total. The van der Waals surface area contributed by atoms with E-state index in [1.807, 2.05) is 24.3 Å². The Labute approximate surface area is 115 Å². The Balaban J connectivity index is 2.25. The summed E-state index contributed by atoms with van der Waals surface area (Å²) in [5, 5.41) is 12.4. The third-order valence-electron chi connectivity index (χ3n) is 3.08. The van der Waals surface area contributed by atoms with Crippen LogP contribution in [0.2, 0.25) is 0 Å². The summed E-state index contributed by atoms with van der Waals surface area (Å²) < 4.78 is 10.7. The fraction of sp³-hybridized carbons (Fsp3) is 0.600. The second-order valence-corrected chi connectivity index (χ2v) is 4.84. The van der Waals surface area contributed by atoms with E-state index in [0.29, 0.717) is 18.6 Å². The summed E-state index contributed by atoms with van der Waals surface area (Å²) in [6.07, 6.45) is 0.778. The van der Waals surface area contributed by atoms with Crippen LogP contribution in [0.1, 0.15) is 20.3 Å². The highest BCUT2D eigenvalue weighted by Gasteiger charge is 2.11. The molecule has 1 unspecified atom stereocenters. The van der Waals surface area contributed by atoms with Crippen LogP contribution in [-0.2, 0) is 0 Å². The first-order chi connectivity index (χ1) is 9.17. The number of nitrogens with one attached hydrogen (secondary N) is 1. The number of aliphatic hydroxyl groups excluding tert-OH is 1. The van der Waals surface area contributed by atoms with Crippen LogP contribution in [0, 0.1) is 5.92 Å². The van der Waals surface area contributed by atoms with E-state index in [1.165, 1.54) is 0 Å². The van der Waals surface area contributed by atoms with Crippen molar-refractivity contribution in [1.29, 1.82) is 0 Å². The van der Waals surface area contributed by atoms with E-state index in [-0.39, 0.29) is 6.61 Å². The molecule has 1 rings (SSSR count). The molecule has 1 aromatic rings. The van der Waals surface area contributed by atoms with Gasteiger partial charge in [-0.1, -0.05) is 13.8 Å². The van der Waals surface area contributed by atoms with Crippen molar-refractivity contribution < 1.29 is 14.6 Å². The Kier molecular flexibility index (Phi) is 7.30. The van der Waals surface area contributed by atoms with Crippen molar-refractivity contribution in [2.75, 3.05) is 26.9 Å². The van der Waals surface area contributed by atoms with E-state index in [4.69, 9.17) is 14.6 Å². The van der Waals surface area contributed by atoms with Gasteiger partial charge in [0.15, 0.2) is 0 Å². The van der Waals surface area contributed by atoms with E-state index in [0.717, 1.165) is 24.5 Å². The molecule has 19 heavy (non-hydrogen) atoms. The Morgan fingerprint density at radius 2 is 1.79 bits per heavy atom. The molecule has 108 valence electrons. The van der Waals surface area contributed by atoms with Crippen LogP contribution in [0.4, 0.5) is 0 Å². The highest BCUT2D eigenvalue weighted by molar-refractivity contribution is 5.31. The fourth-order valence-corrected chi connectivity index (χ4v) is 1.90. The second kappa shape index (κ2) is 8.77. The molecule has 0 saturated heterocycles. The SMILES string of the molecule is COc1ccc(OCCNC(CCO)C(C)C)cc1. The zero-order valence-electron chi connectivity index (χ0n) is 12.1. The maximum atomic E-state index is 8.99. The van der Waals surface area contributed by atoms with E-state index in [1.54, 1.807) is 7.11 Å². The lowest BCUT2D eigenvalue weighted by atomic mass is 10.0. The molecule has 0 fully saturated rings. The van der Waals surface area contributed by atoms with Crippen LogP contribution < -0.4 is 14.8 Å². The number of aliphatic hydroxyl groups is 1. The van der Waals surface area contributed by atoms with Gasteiger partial charge in [-0.05, 0) is 36.6 Å². The van der Waals surface area contributed by atoms with E-state index in [2.05, 4.69) is 19.2 Å². The molecule has 0 aromatic heterocycles. The van der Waals surface area contributed by atoms with Crippen molar-refractivity contribution in [3.63, 3.8) is 0 Å². The van der Waals surface area contributed by atoms with Gasteiger partial charge in [-0.2, -0.15) is 0 Å². The standard InChI is InChI=1S/C15H25NO3/c1-12(2)15(8-10-17)16-9-11-19-14-6-4-13(18-3)5-7-14/h4-7,12,15-17H,8-11H2,1-3H3. The van der Waals surface area contributed by atoms with E-state index < -0.39 is 0 Å². The first-order valence-electron chi connectivity index (χ1n) is 6.78. The summed E-state index contributed by atoms with van der Waals surface area (Å²) in [4.78, 5) is 0. The molecular formula is C15H25NO3. The summed E-state index contributed by atoms with van der Waals surface area (Å²) in [7, 11) is 1.65. The highest BCUT2D eigenvalue weighted by atomic mass is 16.5. The molecule has 0 spiro atoms. The third-order valence-corrected chi connectivity index (χ3v) is 3.08. The van der Waals surface area contributed by atoms with E-state index in [9.17, 15) is 0 Å². The van der Waals surface area contributed by atoms with Gasteiger partial charge < -0.3 is 19.9 Å². The van der Waals surface area contributed by atoms with Crippen molar-refractivity contribution in [2.24, 2.45) is 5.92 Å². The van der Waals surface area contributed by atoms with Gasteiger partial charge in [-0.3, -0.25) is 0 Å². The molecule has 0 heterocycles. The molecule has 0 aliphatic carbocycles. The lowest BCUT2D eigenvalue weighted by Gasteiger charge is -2.21. The first-order valence-corrected chi connectivity index (χ1v) is 6.78. The molecule has 0 radical (unpaired) electrons. The molecule has 1 aromatic carbocycles. The second-order valence-electron chi connectivity index (χ2n) is 4.84. The zero-order chi connectivity index (χ0) is 14.1. The first kappa shape index (κ1) is 15.8. The summed E-state index contributed by atoms with van der Waals surface area (Å²) in [6, 6.07) is 7.89. The lowest BCUT2D eigenvalue weighted by Crippen LogP contribution is -2.37. The van der Waals surface area contributed by atoms with Crippen LogP contribution in [0.5, 0.6) is 11.5 Å². The summed E-state index contributed by atoms with van der Waals surface area (Å²) in [5.41, 5.74) is 0. The average Bonchev–Trinajstić information content (AvgIpc) is 2.42. The quantitative estimate of drug-likeness (QED) is 0.673. The average molecular weight is 267 g/mol. The minimum absolute atomic E-state index is 0.217. The Morgan fingerprint density at radius 1 is 1.16 bits per heavy atom. The molecule has 1 atom stereocenters. The number of hydrogen-bond donors (Lipinski definition) is 2. The predicted octanol–water partition coefficient (Wildman–Crippen LogP) is 2.07. The van der Waals surface area contributed by atoms with Gasteiger partial charge in [0, 0.05) is 19.2 Å². The molecule has 4 nitrogen and oxygen atoms in total.